The Kier molecular flexibility index (Phi) is 4.98. The molecule has 6 rings (SSSR count). The number of hydrogen-bond donors (Lipinski definition) is 1. The van der Waals surface area contributed by atoms with Gasteiger partial charge in [-0.3, -0.25) is 4.98 Å². The molecule has 1 aliphatic rings. The monoisotopic (exact) mass is 482 g/mol. The summed E-state index contributed by atoms with van der Waals surface area (Å²) < 4.78 is 13.9. The summed E-state index contributed by atoms with van der Waals surface area (Å²) in [6, 6.07) is 11.8. The lowest BCUT2D eigenvalue weighted by atomic mass is 9.86. The second-order valence-corrected chi connectivity index (χ2v) is 10.2. The molecule has 3 aromatic heterocycles. The van der Waals surface area contributed by atoms with Gasteiger partial charge in [0.1, 0.15) is 5.75 Å². The maximum atomic E-state index is 12.7. The molecule has 2 aromatic carbocycles. The molecule has 36 heavy (non-hydrogen) atoms. The number of rotatable bonds is 4. The summed E-state index contributed by atoms with van der Waals surface area (Å²) in [5, 5.41) is 20.5. The molecule has 0 spiro atoms. The number of carbonyl (C=O) groups is 1. The maximum Gasteiger partial charge on any atom is 0.337 e. The molecule has 8 heteroatoms. The van der Waals surface area contributed by atoms with Gasteiger partial charge in [0, 0.05) is 34.5 Å². The molecule has 0 bridgehead atoms. The van der Waals surface area contributed by atoms with E-state index in [9.17, 15) is 9.90 Å². The molecule has 0 saturated carbocycles. The molecule has 0 fully saturated rings. The van der Waals surface area contributed by atoms with Gasteiger partial charge in [-0.25, -0.2) is 9.31 Å². The number of aromatic nitrogens is 4. The molecule has 0 radical (unpaired) electrons. The van der Waals surface area contributed by atoms with Crippen LogP contribution < -0.4 is 4.74 Å². The molecule has 1 aliphatic heterocycles. The second kappa shape index (κ2) is 7.99. The highest BCUT2D eigenvalue weighted by molar-refractivity contribution is 6.08. The zero-order valence-electron chi connectivity index (χ0n) is 20.6. The zero-order valence-corrected chi connectivity index (χ0v) is 20.6. The van der Waals surface area contributed by atoms with Crippen molar-refractivity contribution in [1.29, 1.82) is 0 Å². The van der Waals surface area contributed by atoms with E-state index in [2.05, 4.69) is 10.3 Å². The van der Waals surface area contributed by atoms with Gasteiger partial charge in [-0.05, 0) is 80.8 Å². The molecule has 0 saturated heterocycles. The van der Waals surface area contributed by atoms with E-state index in [1.807, 2.05) is 70.3 Å². The van der Waals surface area contributed by atoms with E-state index in [-0.39, 0.29) is 0 Å². The van der Waals surface area contributed by atoms with Crippen LogP contribution in [0, 0.1) is 6.92 Å². The molecular weight excluding hydrogens is 456 g/mol. The van der Waals surface area contributed by atoms with Crippen LogP contribution in [0.25, 0.3) is 38.4 Å². The Hall–Kier alpha value is -4.04. The molecule has 5 aromatic rings. The van der Waals surface area contributed by atoms with Gasteiger partial charge in [-0.2, -0.15) is 0 Å². The number of aryl methyl sites for hydroxylation is 1. The number of aliphatic carboxylic acids is 1. The molecule has 8 nitrogen and oxygen atoms in total. The highest BCUT2D eigenvalue weighted by atomic mass is 16.5. The molecule has 0 amide bonds. The molecule has 0 aliphatic carbocycles. The van der Waals surface area contributed by atoms with Crippen molar-refractivity contribution >= 4 is 33.3 Å². The van der Waals surface area contributed by atoms with Crippen molar-refractivity contribution < 1.29 is 19.4 Å². The molecule has 0 unspecified atom stereocenters. The van der Waals surface area contributed by atoms with E-state index >= 15 is 0 Å². The number of benzene rings is 2. The second-order valence-electron chi connectivity index (χ2n) is 10.2. The average molecular weight is 483 g/mol. The summed E-state index contributed by atoms with van der Waals surface area (Å²) >= 11 is 0. The summed E-state index contributed by atoms with van der Waals surface area (Å²) in [5.41, 5.74) is 5.93. The lowest BCUT2D eigenvalue weighted by molar-refractivity contribution is -0.160. The smallest absolute Gasteiger partial charge is 0.337 e. The Morgan fingerprint density at radius 2 is 2.03 bits per heavy atom. The van der Waals surface area contributed by atoms with Gasteiger partial charge < -0.3 is 14.6 Å². The first-order chi connectivity index (χ1) is 17.2. The van der Waals surface area contributed by atoms with Crippen molar-refractivity contribution in [2.24, 2.45) is 0 Å². The highest BCUT2D eigenvalue weighted by Crippen LogP contribution is 2.45. The zero-order chi connectivity index (χ0) is 25.2. The summed E-state index contributed by atoms with van der Waals surface area (Å²) in [5.74, 6) is -0.254. The molecule has 1 atom stereocenters. The van der Waals surface area contributed by atoms with E-state index in [0.29, 0.717) is 12.2 Å². The Balaban J connectivity index is 1.77. The number of hydrogen-bond acceptors (Lipinski definition) is 6. The van der Waals surface area contributed by atoms with Crippen LogP contribution in [0.3, 0.4) is 0 Å². The van der Waals surface area contributed by atoms with Gasteiger partial charge in [0.15, 0.2) is 6.10 Å². The van der Waals surface area contributed by atoms with Crippen molar-refractivity contribution in [1.82, 2.24) is 19.8 Å². The minimum Gasteiger partial charge on any atom is -0.493 e. The Bertz CT molecular complexity index is 1670. The van der Waals surface area contributed by atoms with Crippen molar-refractivity contribution in [2.75, 3.05) is 6.61 Å². The van der Waals surface area contributed by atoms with Gasteiger partial charge in [-0.15, -0.1) is 5.10 Å². The largest absolute Gasteiger partial charge is 0.493 e. The first-order valence-electron chi connectivity index (χ1n) is 11.9. The fourth-order valence-electron chi connectivity index (χ4n) is 5.21. The molecule has 4 heterocycles. The van der Waals surface area contributed by atoms with E-state index in [1.54, 1.807) is 10.7 Å². The minimum atomic E-state index is -1.18. The average Bonchev–Trinajstić information content (AvgIpc) is 3.32. The third-order valence-corrected chi connectivity index (χ3v) is 6.61. The summed E-state index contributed by atoms with van der Waals surface area (Å²) in [7, 11) is 0. The Morgan fingerprint density at radius 1 is 1.19 bits per heavy atom. The summed E-state index contributed by atoms with van der Waals surface area (Å²) in [6.07, 6.45) is 3.12. The first kappa shape index (κ1) is 22.4. The Labute approximate surface area is 207 Å². The van der Waals surface area contributed by atoms with Gasteiger partial charge in [0.2, 0.25) is 0 Å². The third-order valence-electron chi connectivity index (χ3n) is 6.61. The quantitative estimate of drug-likeness (QED) is 0.372. The minimum absolute atomic E-state index is 0.601. The van der Waals surface area contributed by atoms with E-state index < -0.39 is 17.7 Å². The van der Waals surface area contributed by atoms with Crippen molar-refractivity contribution in [3.05, 3.63) is 65.5 Å². The van der Waals surface area contributed by atoms with Crippen LogP contribution in [0.15, 0.2) is 48.8 Å². The van der Waals surface area contributed by atoms with Crippen molar-refractivity contribution in [3.63, 3.8) is 0 Å². The summed E-state index contributed by atoms with van der Waals surface area (Å²) in [4.78, 5) is 17.4. The van der Waals surface area contributed by atoms with Crippen molar-refractivity contribution in [3.8, 4) is 16.9 Å². The van der Waals surface area contributed by atoms with Crippen LogP contribution in [0.1, 0.15) is 43.6 Å². The lowest BCUT2D eigenvalue weighted by Crippen LogP contribution is -2.28. The highest BCUT2D eigenvalue weighted by Gasteiger charge is 2.33. The van der Waals surface area contributed by atoms with Crippen LogP contribution in [0.4, 0.5) is 0 Å². The van der Waals surface area contributed by atoms with Gasteiger partial charge in [0.05, 0.1) is 35.0 Å². The third kappa shape index (κ3) is 3.48. The van der Waals surface area contributed by atoms with E-state index in [1.165, 1.54) is 5.56 Å². The van der Waals surface area contributed by atoms with E-state index in [0.717, 1.165) is 56.2 Å². The van der Waals surface area contributed by atoms with Crippen LogP contribution in [-0.2, 0) is 16.0 Å². The predicted octanol–water partition coefficient (Wildman–Crippen LogP) is 5.28. The standard InChI is InChI=1S/C28H26N4O4/c1-15-13-20-18(6-5-17-14-30-31-32(17)20)24(22(15)26(27(33)34)36-28(2,3)4)19-7-8-21-23-16(10-12-35-21)9-11-29-25(19)23/h5-9,11,13-14,26H,10,12H2,1-4H3,(H,33,34)/t26-/m0/s1. The molecule has 1 N–H and O–H groups in total. The van der Waals surface area contributed by atoms with Gasteiger partial charge in [0.25, 0.3) is 0 Å². The Morgan fingerprint density at radius 3 is 2.81 bits per heavy atom. The topological polar surface area (TPSA) is 98.8 Å². The number of nitrogens with zero attached hydrogens (tertiary/aromatic N) is 4. The maximum absolute atomic E-state index is 12.7. The fourth-order valence-corrected chi connectivity index (χ4v) is 5.21. The van der Waals surface area contributed by atoms with Crippen molar-refractivity contribution in [2.45, 2.75) is 45.8 Å². The normalized spacial score (nSPS) is 14.3. The SMILES string of the molecule is Cc1cc2c(ccc3cnnn32)c(-c2ccc3c4c(ccnc24)CCO3)c1[C@H](OC(C)(C)C)C(=O)O. The van der Waals surface area contributed by atoms with Crippen LogP contribution >= 0.6 is 0 Å². The van der Waals surface area contributed by atoms with Crippen LogP contribution in [0.5, 0.6) is 5.75 Å². The van der Waals surface area contributed by atoms with E-state index in [4.69, 9.17) is 14.5 Å². The molecule has 182 valence electrons. The lowest BCUT2D eigenvalue weighted by Gasteiger charge is -2.29. The van der Waals surface area contributed by atoms with Gasteiger partial charge >= 0.3 is 5.97 Å². The number of pyridine rings is 2. The van der Waals surface area contributed by atoms with Crippen LogP contribution in [-0.4, -0.2) is 43.1 Å². The number of ether oxygens (including phenoxy) is 2. The van der Waals surface area contributed by atoms with Crippen LogP contribution in [0.2, 0.25) is 0 Å². The number of carboxylic acid groups (broad SMARTS) is 1. The fraction of sp³-hybridized carbons (Fsp3) is 0.286. The number of carboxylic acids is 1. The predicted molar refractivity (Wildman–Crippen MR) is 136 cm³/mol. The van der Waals surface area contributed by atoms with Gasteiger partial charge in [-0.1, -0.05) is 5.21 Å². The number of fused-ring (bicyclic) bond motifs is 3. The first-order valence-corrected chi connectivity index (χ1v) is 11.9. The molecular formula is C28H26N4O4. The summed E-state index contributed by atoms with van der Waals surface area (Å²) in [6.45, 7) is 8.12.